The second kappa shape index (κ2) is 7.43. The van der Waals surface area contributed by atoms with Gasteiger partial charge in [-0.15, -0.1) is 0 Å². The van der Waals surface area contributed by atoms with Crippen molar-refractivity contribution < 1.29 is 4.74 Å². The van der Waals surface area contributed by atoms with E-state index in [-0.39, 0.29) is 0 Å². The summed E-state index contributed by atoms with van der Waals surface area (Å²) in [5.74, 6) is 3.09. The minimum absolute atomic E-state index is 0.544. The number of hydrogen-bond donors (Lipinski definition) is 1. The van der Waals surface area contributed by atoms with Crippen LogP contribution in [-0.4, -0.2) is 48.7 Å². The molecule has 0 saturated heterocycles. The first-order valence-corrected chi connectivity index (χ1v) is 7.59. The van der Waals surface area contributed by atoms with Gasteiger partial charge in [-0.25, -0.2) is 4.98 Å². The zero-order valence-corrected chi connectivity index (χ0v) is 12.9. The number of nitrogens with zero attached hydrogens (tertiary/aromatic N) is 3. The number of nitrogens with one attached hydrogen (secondary N) is 1. The van der Waals surface area contributed by atoms with Crippen molar-refractivity contribution in [1.82, 2.24) is 14.9 Å². The third-order valence-electron chi connectivity index (χ3n) is 3.22. The first-order valence-electron chi connectivity index (χ1n) is 7.59. The zero-order chi connectivity index (χ0) is 14.4. The van der Waals surface area contributed by atoms with Crippen molar-refractivity contribution in [3.63, 3.8) is 0 Å². The maximum Gasteiger partial charge on any atom is 0.218 e. The fourth-order valence-corrected chi connectivity index (χ4v) is 1.94. The molecule has 0 radical (unpaired) electrons. The van der Waals surface area contributed by atoms with Crippen molar-refractivity contribution in [2.45, 2.75) is 38.5 Å². The summed E-state index contributed by atoms with van der Waals surface area (Å²) in [6.45, 7) is 4.81. The molecule has 1 aromatic heterocycles. The van der Waals surface area contributed by atoms with E-state index in [0.717, 1.165) is 37.6 Å². The van der Waals surface area contributed by atoms with E-state index in [0.29, 0.717) is 18.4 Å². The molecule has 0 aliphatic heterocycles. The van der Waals surface area contributed by atoms with Gasteiger partial charge in [0.1, 0.15) is 11.6 Å². The van der Waals surface area contributed by atoms with E-state index in [4.69, 9.17) is 4.74 Å². The third-order valence-corrected chi connectivity index (χ3v) is 3.22. The number of ether oxygens (including phenoxy) is 1. The van der Waals surface area contributed by atoms with E-state index in [9.17, 15) is 0 Å². The molecule has 112 valence electrons. The highest BCUT2D eigenvalue weighted by Crippen LogP contribution is 2.39. The summed E-state index contributed by atoms with van der Waals surface area (Å²) in [6, 6.07) is 1.91. The number of hydrogen-bond acceptors (Lipinski definition) is 5. The monoisotopic (exact) mass is 278 g/mol. The predicted molar refractivity (Wildman–Crippen MR) is 81.5 cm³/mol. The van der Waals surface area contributed by atoms with Gasteiger partial charge in [0, 0.05) is 25.1 Å². The molecule has 1 aliphatic rings. The zero-order valence-electron chi connectivity index (χ0n) is 12.9. The summed E-state index contributed by atoms with van der Waals surface area (Å²) in [6.07, 6.45) is 4.50. The van der Waals surface area contributed by atoms with Crippen LogP contribution in [0.2, 0.25) is 0 Å². The van der Waals surface area contributed by atoms with Crippen LogP contribution < -0.4 is 10.1 Å². The molecule has 5 nitrogen and oxygen atoms in total. The summed E-state index contributed by atoms with van der Waals surface area (Å²) in [7, 11) is 4.14. The molecule has 1 aliphatic carbocycles. The maximum atomic E-state index is 5.78. The molecule has 1 N–H and O–H groups in total. The van der Waals surface area contributed by atoms with E-state index in [1.165, 1.54) is 12.8 Å². The average molecular weight is 278 g/mol. The molecule has 0 atom stereocenters. The van der Waals surface area contributed by atoms with Gasteiger partial charge in [-0.1, -0.05) is 6.92 Å². The smallest absolute Gasteiger partial charge is 0.218 e. The van der Waals surface area contributed by atoms with Crippen LogP contribution in [0.3, 0.4) is 0 Å². The number of aromatic nitrogens is 2. The number of anilines is 1. The molecule has 0 aromatic carbocycles. The molecule has 0 spiro atoms. The Morgan fingerprint density at radius 1 is 1.35 bits per heavy atom. The highest BCUT2D eigenvalue weighted by Gasteiger charge is 2.27. The Morgan fingerprint density at radius 3 is 2.80 bits per heavy atom. The Bertz CT molecular complexity index is 418. The lowest BCUT2D eigenvalue weighted by Crippen LogP contribution is -2.16. The summed E-state index contributed by atoms with van der Waals surface area (Å²) >= 11 is 0. The van der Waals surface area contributed by atoms with Gasteiger partial charge in [0.15, 0.2) is 0 Å². The second-order valence-corrected chi connectivity index (χ2v) is 5.66. The van der Waals surface area contributed by atoms with E-state index in [2.05, 4.69) is 41.2 Å². The van der Waals surface area contributed by atoms with Gasteiger partial charge in [-0.05, 0) is 39.8 Å². The molecular formula is C15H26N4O. The lowest BCUT2D eigenvalue weighted by atomic mass is 10.3. The van der Waals surface area contributed by atoms with Gasteiger partial charge in [0.2, 0.25) is 5.88 Å². The van der Waals surface area contributed by atoms with Crippen LogP contribution in [0, 0.1) is 0 Å². The molecule has 1 heterocycles. The van der Waals surface area contributed by atoms with Gasteiger partial charge in [-0.3, -0.25) is 0 Å². The van der Waals surface area contributed by atoms with Crippen LogP contribution >= 0.6 is 0 Å². The Kier molecular flexibility index (Phi) is 5.59. The Hall–Kier alpha value is -1.36. The summed E-state index contributed by atoms with van der Waals surface area (Å²) in [5.41, 5.74) is 0. The molecule has 1 aromatic rings. The first kappa shape index (κ1) is 15.0. The Labute approximate surface area is 121 Å². The maximum absolute atomic E-state index is 5.78. The highest BCUT2D eigenvalue weighted by atomic mass is 16.5. The molecule has 2 rings (SSSR count). The van der Waals surface area contributed by atoms with Crippen molar-refractivity contribution >= 4 is 5.82 Å². The minimum Gasteiger partial charge on any atom is -0.477 e. The van der Waals surface area contributed by atoms with E-state index in [1.54, 1.807) is 0 Å². The fraction of sp³-hybridized carbons (Fsp3) is 0.733. The SMILES string of the molecule is CCCNc1cc(OCCCN(C)C)nc(C2CC2)n1. The Balaban J connectivity index is 1.93. The first-order chi connectivity index (χ1) is 9.69. The van der Waals surface area contributed by atoms with Crippen LogP contribution in [-0.2, 0) is 0 Å². The minimum atomic E-state index is 0.544. The van der Waals surface area contributed by atoms with Gasteiger partial charge in [-0.2, -0.15) is 4.98 Å². The van der Waals surface area contributed by atoms with Crippen molar-refractivity contribution in [2.75, 3.05) is 39.1 Å². The molecule has 0 unspecified atom stereocenters. The van der Waals surface area contributed by atoms with Crippen LogP contribution in [0.5, 0.6) is 5.88 Å². The largest absolute Gasteiger partial charge is 0.477 e. The van der Waals surface area contributed by atoms with Crippen molar-refractivity contribution in [2.24, 2.45) is 0 Å². The number of rotatable bonds is 9. The van der Waals surface area contributed by atoms with E-state index < -0.39 is 0 Å². The second-order valence-electron chi connectivity index (χ2n) is 5.66. The van der Waals surface area contributed by atoms with Crippen molar-refractivity contribution in [3.05, 3.63) is 11.9 Å². The normalized spacial score (nSPS) is 14.6. The topological polar surface area (TPSA) is 50.3 Å². The van der Waals surface area contributed by atoms with Crippen LogP contribution in [0.25, 0.3) is 0 Å². The molecule has 5 heteroatoms. The molecular weight excluding hydrogens is 252 g/mol. The van der Waals surface area contributed by atoms with Gasteiger partial charge >= 0.3 is 0 Å². The Morgan fingerprint density at radius 2 is 2.15 bits per heavy atom. The van der Waals surface area contributed by atoms with Gasteiger partial charge < -0.3 is 15.0 Å². The van der Waals surface area contributed by atoms with Crippen LogP contribution in [0.1, 0.15) is 44.3 Å². The van der Waals surface area contributed by atoms with Gasteiger partial charge in [0.25, 0.3) is 0 Å². The molecule has 0 bridgehead atoms. The standard InChI is InChI=1S/C15H26N4O/c1-4-8-16-13-11-14(20-10-5-9-19(2)3)18-15(17-13)12-6-7-12/h11-12H,4-10H2,1-3H3,(H,16,17,18). The van der Waals surface area contributed by atoms with Gasteiger partial charge in [0.05, 0.1) is 6.61 Å². The fourth-order valence-electron chi connectivity index (χ4n) is 1.94. The molecule has 1 saturated carbocycles. The summed E-state index contributed by atoms with van der Waals surface area (Å²) in [5, 5.41) is 3.33. The average Bonchev–Trinajstić information content (AvgIpc) is 3.25. The van der Waals surface area contributed by atoms with Crippen LogP contribution in [0.15, 0.2) is 6.07 Å². The molecule has 0 amide bonds. The third kappa shape index (κ3) is 4.96. The van der Waals surface area contributed by atoms with Crippen LogP contribution in [0.4, 0.5) is 5.82 Å². The lowest BCUT2D eigenvalue weighted by Gasteiger charge is -2.12. The van der Waals surface area contributed by atoms with Crippen molar-refractivity contribution in [3.8, 4) is 5.88 Å². The summed E-state index contributed by atoms with van der Waals surface area (Å²) in [4.78, 5) is 11.3. The summed E-state index contributed by atoms with van der Waals surface area (Å²) < 4.78 is 5.78. The predicted octanol–water partition coefficient (Wildman–Crippen LogP) is 2.51. The van der Waals surface area contributed by atoms with Crippen molar-refractivity contribution in [1.29, 1.82) is 0 Å². The van der Waals surface area contributed by atoms with E-state index in [1.807, 2.05) is 6.07 Å². The molecule has 20 heavy (non-hydrogen) atoms. The van der Waals surface area contributed by atoms with E-state index >= 15 is 0 Å². The quantitative estimate of drug-likeness (QED) is 0.703. The molecule has 1 fully saturated rings. The highest BCUT2D eigenvalue weighted by molar-refractivity contribution is 5.39. The lowest BCUT2D eigenvalue weighted by molar-refractivity contribution is 0.272.